The Morgan fingerprint density at radius 2 is 1.58 bits per heavy atom. The topological polar surface area (TPSA) is 85.4 Å². The van der Waals surface area contributed by atoms with E-state index in [4.69, 9.17) is 14.4 Å². The second-order valence-electron chi connectivity index (χ2n) is 6.89. The van der Waals surface area contributed by atoms with Gasteiger partial charge in [0.1, 0.15) is 5.60 Å². The lowest BCUT2D eigenvalue weighted by atomic mass is 10.1. The predicted molar refractivity (Wildman–Crippen MR) is 91.8 cm³/mol. The molecule has 1 aliphatic rings. The van der Waals surface area contributed by atoms with Crippen molar-refractivity contribution in [3.63, 3.8) is 0 Å². The molecule has 0 aliphatic carbocycles. The van der Waals surface area contributed by atoms with Gasteiger partial charge in [-0.15, -0.1) is 0 Å². The number of hydrogen-bond acceptors (Lipinski definition) is 6. The highest BCUT2D eigenvalue weighted by atomic mass is 17.0. The number of rotatable bonds is 1. The number of likely N-dealkylation sites (tertiary alicyclic amines) is 1. The number of carbonyl (C=O) groups is 3. The van der Waals surface area contributed by atoms with Gasteiger partial charge in [0.15, 0.2) is 0 Å². The third kappa shape index (κ3) is 5.94. The number of amides is 2. The summed E-state index contributed by atoms with van der Waals surface area (Å²) in [5.41, 5.74) is -0.651. The molecule has 2 rings (SSSR count). The first-order valence-corrected chi connectivity index (χ1v) is 8.53. The zero-order chi connectivity index (χ0) is 19.2. The summed E-state index contributed by atoms with van der Waals surface area (Å²) in [5, 5.41) is 0.206. The van der Waals surface area contributed by atoms with Crippen molar-refractivity contribution in [2.75, 3.05) is 13.1 Å². The fraction of sp³-hybridized carbons (Fsp3) is 0.500. The number of ether oxygens (including phenoxy) is 1. The highest BCUT2D eigenvalue weighted by molar-refractivity contribution is 5.90. The molecule has 142 valence electrons. The summed E-state index contributed by atoms with van der Waals surface area (Å²) in [7, 11) is 0. The maximum absolute atomic E-state index is 12.3. The van der Waals surface area contributed by atoms with Crippen molar-refractivity contribution in [3.05, 3.63) is 35.9 Å². The van der Waals surface area contributed by atoms with Gasteiger partial charge >= 0.3 is 18.2 Å². The van der Waals surface area contributed by atoms with Crippen LogP contribution in [0.15, 0.2) is 30.3 Å². The Morgan fingerprint density at radius 1 is 0.962 bits per heavy atom. The van der Waals surface area contributed by atoms with Gasteiger partial charge in [-0.25, -0.2) is 14.4 Å². The highest BCUT2D eigenvalue weighted by Crippen LogP contribution is 2.15. The van der Waals surface area contributed by atoms with Crippen molar-refractivity contribution in [2.24, 2.45) is 0 Å². The van der Waals surface area contributed by atoms with E-state index in [-0.39, 0.29) is 10.8 Å². The van der Waals surface area contributed by atoms with Gasteiger partial charge in [-0.1, -0.05) is 18.2 Å². The number of hydrogen-bond donors (Lipinski definition) is 0. The van der Waals surface area contributed by atoms with Crippen LogP contribution in [0.2, 0.25) is 0 Å². The van der Waals surface area contributed by atoms with Gasteiger partial charge in [0.2, 0.25) is 0 Å². The van der Waals surface area contributed by atoms with E-state index in [1.807, 2.05) is 0 Å². The molecule has 2 amide bonds. The first-order chi connectivity index (χ1) is 12.3. The third-order valence-corrected chi connectivity index (χ3v) is 3.49. The van der Waals surface area contributed by atoms with E-state index in [1.165, 1.54) is 17.0 Å². The largest absolute Gasteiger partial charge is 0.480 e. The minimum Gasteiger partial charge on any atom is -0.439 e. The Kier molecular flexibility index (Phi) is 6.43. The Balaban J connectivity index is 2.08. The van der Waals surface area contributed by atoms with E-state index in [9.17, 15) is 14.4 Å². The zero-order valence-electron chi connectivity index (χ0n) is 15.3. The Hall–Kier alpha value is -2.77. The van der Waals surface area contributed by atoms with Gasteiger partial charge in [0.05, 0.1) is 10.8 Å². The van der Waals surface area contributed by atoms with Crippen LogP contribution < -0.4 is 0 Å². The molecular weight excluding hydrogens is 340 g/mol. The molecule has 8 nitrogen and oxygen atoms in total. The van der Waals surface area contributed by atoms with Crippen LogP contribution in [0.3, 0.4) is 0 Å². The van der Waals surface area contributed by atoms with Crippen LogP contribution in [0.25, 0.3) is 0 Å². The zero-order valence-corrected chi connectivity index (χ0v) is 15.3. The Labute approximate surface area is 152 Å². The second-order valence-corrected chi connectivity index (χ2v) is 6.89. The van der Waals surface area contributed by atoms with Gasteiger partial charge in [-0.2, -0.15) is 0 Å². The SMILES string of the molecule is CC(C)(C)OC(=O)N(OC(=O)c1ccccc1)OC(=O)N1CCCCC1. The van der Waals surface area contributed by atoms with E-state index in [2.05, 4.69) is 0 Å². The van der Waals surface area contributed by atoms with E-state index in [0.29, 0.717) is 13.1 Å². The van der Waals surface area contributed by atoms with Crippen molar-refractivity contribution in [1.29, 1.82) is 0 Å². The normalized spacial score (nSPS) is 14.3. The minimum atomic E-state index is -1.09. The molecule has 0 radical (unpaired) electrons. The first kappa shape index (κ1) is 19.6. The van der Waals surface area contributed by atoms with E-state index in [1.54, 1.807) is 39.0 Å². The summed E-state index contributed by atoms with van der Waals surface area (Å²) >= 11 is 0. The average Bonchev–Trinajstić information content (AvgIpc) is 2.61. The summed E-state index contributed by atoms with van der Waals surface area (Å²) in [5.74, 6) is -0.845. The van der Waals surface area contributed by atoms with Gasteiger partial charge in [0, 0.05) is 13.1 Å². The molecule has 1 aliphatic heterocycles. The number of benzene rings is 1. The molecule has 0 bridgehead atoms. The van der Waals surface area contributed by atoms with Crippen LogP contribution in [0.4, 0.5) is 9.59 Å². The van der Waals surface area contributed by atoms with Crippen molar-refractivity contribution >= 4 is 18.2 Å². The second kappa shape index (κ2) is 8.55. The fourth-order valence-corrected chi connectivity index (χ4v) is 2.30. The molecule has 26 heavy (non-hydrogen) atoms. The van der Waals surface area contributed by atoms with Crippen molar-refractivity contribution < 1.29 is 28.8 Å². The highest BCUT2D eigenvalue weighted by Gasteiger charge is 2.32. The smallest absolute Gasteiger partial charge is 0.439 e. The van der Waals surface area contributed by atoms with Crippen LogP contribution in [-0.4, -0.2) is 47.0 Å². The Morgan fingerprint density at radius 3 is 2.15 bits per heavy atom. The standard InChI is InChI=1S/C18H24N2O6/c1-18(2,3)24-17(23)20(25-15(21)14-10-6-4-7-11-14)26-16(22)19-12-8-5-9-13-19/h4,6-7,10-11H,5,8-9,12-13H2,1-3H3. The lowest BCUT2D eigenvalue weighted by Crippen LogP contribution is -2.44. The number of nitrogens with zero attached hydrogens (tertiary/aromatic N) is 2. The Bertz CT molecular complexity index is 635. The van der Waals surface area contributed by atoms with Gasteiger partial charge in [-0.05, 0) is 52.2 Å². The van der Waals surface area contributed by atoms with E-state index < -0.39 is 23.8 Å². The van der Waals surface area contributed by atoms with E-state index >= 15 is 0 Å². The summed E-state index contributed by atoms with van der Waals surface area (Å²) in [6.45, 7) is 5.99. The summed E-state index contributed by atoms with van der Waals surface area (Å²) < 4.78 is 5.14. The molecule has 0 unspecified atom stereocenters. The molecule has 1 aromatic carbocycles. The van der Waals surface area contributed by atoms with Crippen LogP contribution >= 0.6 is 0 Å². The lowest BCUT2D eigenvalue weighted by molar-refractivity contribution is -0.274. The number of piperidine rings is 1. The number of carbonyl (C=O) groups excluding carboxylic acids is 3. The molecule has 1 fully saturated rings. The molecule has 0 spiro atoms. The maximum atomic E-state index is 12.3. The quantitative estimate of drug-likeness (QED) is 0.709. The van der Waals surface area contributed by atoms with Crippen LogP contribution in [-0.2, 0) is 14.4 Å². The van der Waals surface area contributed by atoms with E-state index in [0.717, 1.165) is 19.3 Å². The average molecular weight is 364 g/mol. The first-order valence-electron chi connectivity index (χ1n) is 8.53. The van der Waals surface area contributed by atoms with Crippen molar-refractivity contribution in [1.82, 2.24) is 10.1 Å². The predicted octanol–water partition coefficient (Wildman–Crippen LogP) is 3.53. The molecule has 8 heteroatoms. The molecule has 0 atom stereocenters. The summed E-state index contributed by atoms with van der Waals surface area (Å²) in [6, 6.07) is 8.06. The maximum Gasteiger partial charge on any atom is 0.480 e. The molecule has 1 saturated heterocycles. The molecule has 1 aromatic rings. The third-order valence-electron chi connectivity index (χ3n) is 3.49. The monoisotopic (exact) mass is 364 g/mol. The minimum absolute atomic E-state index is 0.204. The fourth-order valence-electron chi connectivity index (χ4n) is 2.30. The molecular formula is C18H24N2O6. The molecule has 0 N–H and O–H groups in total. The van der Waals surface area contributed by atoms with Crippen LogP contribution in [0, 0.1) is 0 Å². The van der Waals surface area contributed by atoms with Crippen LogP contribution in [0.1, 0.15) is 50.4 Å². The molecule has 0 saturated carbocycles. The number of hydroxylamine groups is 2. The summed E-state index contributed by atoms with van der Waals surface area (Å²) in [4.78, 5) is 48.1. The van der Waals surface area contributed by atoms with Gasteiger partial charge < -0.3 is 9.64 Å². The molecule has 1 heterocycles. The van der Waals surface area contributed by atoms with Crippen molar-refractivity contribution in [2.45, 2.75) is 45.6 Å². The molecule has 0 aromatic heterocycles. The van der Waals surface area contributed by atoms with Crippen LogP contribution in [0.5, 0.6) is 0 Å². The lowest BCUT2D eigenvalue weighted by Gasteiger charge is -2.28. The van der Waals surface area contributed by atoms with Gasteiger partial charge in [0.25, 0.3) is 0 Å². The van der Waals surface area contributed by atoms with Crippen molar-refractivity contribution in [3.8, 4) is 0 Å². The van der Waals surface area contributed by atoms with Gasteiger partial charge in [-0.3, -0.25) is 9.68 Å². The summed E-state index contributed by atoms with van der Waals surface area (Å²) in [6.07, 6.45) is 0.878.